The first-order chi connectivity index (χ1) is 13.1. The fourth-order valence-electron chi connectivity index (χ4n) is 3.89. The Balaban J connectivity index is 1.49. The first-order valence-corrected chi connectivity index (χ1v) is 8.87. The van der Waals surface area contributed by atoms with Crippen molar-refractivity contribution in [2.75, 3.05) is 0 Å². The molecule has 1 N–H and O–H groups in total. The largest absolute Gasteiger partial charge is 0.345 e. The van der Waals surface area contributed by atoms with Crippen molar-refractivity contribution in [3.05, 3.63) is 76.9 Å². The van der Waals surface area contributed by atoms with Crippen LogP contribution in [0.2, 0.25) is 0 Å². The van der Waals surface area contributed by atoms with Crippen molar-refractivity contribution in [2.24, 2.45) is 5.92 Å². The lowest BCUT2D eigenvalue weighted by Crippen LogP contribution is -2.25. The van der Waals surface area contributed by atoms with Crippen molar-refractivity contribution in [2.45, 2.75) is 25.3 Å². The van der Waals surface area contributed by atoms with Crippen LogP contribution in [-0.2, 0) is 13.0 Å². The van der Waals surface area contributed by atoms with Crippen LogP contribution in [0.4, 0.5) is 8.78 Å². The van der Waals surface area contributed by atoms with E-state index in [1.165, 1.54) is 16.8 Å². The molecule has 27 heavy (non-hydrogen) atoms. The third-order valence-corrected chi connectivity index (χ3v) is 5.27. The van der Waals surface area contributed by atoms with Gasteiger partial charge < -0.3 is 5.32 Å². The Kier molecular flexibility index (Phi) is 3.56. The van der Waals surface area contributed by atoms with Gasteiger partial charge in [-0.3, -0.25) is 9.78 Å². The number of carbonyl (C=O) groups excluding carboxylic acids is 1. The summed E-state index contributed by atoms with van der Waals surface area (Å²) in [5, 5.41) is 7.24. The normalized spacial score (nSPS) is 19.5. The summed E-state index contributed by atoms with van der Waals surface area (Å²) in [6.07, 6.45) is 3.46. The van der Waals surface area contributed by atoms with Gasteiger partial charge in [-0.1, -0.05) is 6.07 Å². The number of nitrogens with zero attached hydrogens (tertiary/aromatic N) is 3. The van der Waals surface area contributed by atoms with Crippen LogP contribution in [0.3, 0.4) is 0 Å². The van der Waals surface area contributed by atoms with Crippen LogP contribution >= 0.6 is 0 Å². The zero-order valence-electron chi connectivity index (χ0n) is 14.3. The van der Waals surface area contributed by atoms with Gasteiger partial charge in [-0.15, -0.1) is 0 Å². The summed E-state index contributed by atoms with van der Waals surface area (Å²) in [5.41, 5.74) is 2.99. The number of amides is 1. The number of fused-ring (bicyclic) bond motifs is 3. The molecule has 2 aromatic heterocycles. The Morgan fingerprint density at radius 2 is 2.15 bits per heavy atom. The molecule has 0 radical (unpaired) electrons. The molecule has 7 heteroatoms. The van der Waals surface area contributed by atoms with Gasteiger partial charge in [-0.25, -0.2) is 13.5 Å². The molecule has 136 valence electrons. The summed E-state index contributed by atoms with van der Waals surface area (Å²) >= 11 is 0. The van der Waals surface area contributed by atoms with Crippen molar-refractivity contribution in [3.63, 3.8) is 0 Å². The van der Waals surface area contributed by atoms with E-state index in [1.54, 1.807) is 6.20 Å². The summed E-state index contributed by atoms with van der Waals surface area (Å²) in [5.74, 6) is -0.841. The molecule has 2 heterocycles. The van der Waals surface area contributed by atoms with Crippen molar-refractivity contribution >= 4 is 5.91 Å². The quantitative estimate of drug-likeness (QED) is 0.772. The molecule has 2 atom stereocenters. The lowest BCUT2D eigenvalue weighted by Gasteiger charge is -2.07. The second-order valence-corrected chi connectivity index (χ2v) is 7.03. The lowest BCUT2D eigenvalue weighted by atomic mass is 10.1. The average molecular weight is 366 g/mol. The van der Waals surface area contributed by atoms with E-state index in [0.29, 0.717) is 24.1 Å². The summed E-state index contributed by atoms with van der Waals surface area (Å²) in [7, 11) is 0. The molecule has 0 aliphatic heterocycles. The van der Waals surface area contributed by atoms with Crippen molar-refractivity contribution in [1.82, 2.24) is 20.1 Å². The zero-order valence-corrected chi connectivity index (χ0v) is 14.3. The topological polar surface area (TPSA) is 59.8 Å². The molecule has 1 amide bonds. The maximum Gasteiger partial charge on any atom is 0.272 e. The smallest absolute Gasteiger partial charge is 0.272 e. The molecule has 1 fully saturated rings. The molecular weight excluding hydrogens is 350 g/mol. The number of carbonyl (C=O) groups is 1. The van der Waals surface area contributed by atoms with Crippen LogP contribution in [0.5, 0.6) is 0 Å². The van der Waals surface area contributed by atoms with Crippen molar-refractivity contribution in [1.29, 1.82) is 0 Å². The maximum atomic E-state index is 14.3. The highest BCUT2D eigenvalue weighted by atomic mass is 19.1. The van der Waals surface area contributed by atoms with Crippen molar-refractivity contribution in [3.8, 4) is 5.69 Å². The van der Waals surface area contributed by atoms with Gasteiger partial charge in [0.2, 0.25) is 0 Å². The predicted octanol–water partition coefficient (Wildman–Crippen LogP) is 3.14. The van der Waals surface area contributed by atoms with Gasteiger partial charge in [0.15, 0.2) is 11.5 Å². The minimum atomic E-state index is -0.690. The zero-order chi connectivity index (χ0) is 18.5. The van der Waals surface area contributed by atoms with Gasteiger partial charge >= 0.3 is 0 Å². The van der Waals surface area contributed by atoms with Crippen LogP contribution in [-0.4, -0.2) is 20.7 Å². The van der Waals surface area contributed by atoms with Crippen LogP contribution in [0, 0.1) is 17.6 Å². The number of hydrogen-bond donors (Lipinski definition) is 1. The van der Waals surface area contributed by atoms with E-state index >= 15 is 0 Å². The van der Waals surface area contributed by atoms with E-state index in [9.17, 15) is 13.6 Å². The van der Waals surface area contributed by atoms with Crippen LogP contribution in [0.25, 0.3) is 5.69 Å². The molecule has 0 bridgehead atoms. The fourth-order valence-corrected chi connectivity index (χ4v) is 3.89. The highest BCUT2D eigenvalue weighted by Gasteiger charge is 2.50. The molecule has 0 spiro atoms. The highest BCUT2D eigenvalue weighted by Crippen LogP contribution is 2.57. The number of rotatable bonds is 4. The summed E-state index contributed by atoms with van der Waals surface area (Å²) in [6, 6.07) is 8.89. The maximum absolute atomic E-state index is 14.3. The van der Waals surface area contributed by atoms with Gasteiger partial charge in [0.05, 0.1) is 17.9 Å². The van der Waals surface area contributed by atoms with Crippen molar-refractivity contribution < 1.29 is 13.6 Å². The Morgan fingerprint density at radius 1 is 1.26 bits per heavy atom. The first kappa shape index (κ1) is 16.1. The van der Waals surface area contributed by atoms with Gasteiger partial charge in [-0.2, -0.15) is 5.10 Å². The monoisotopic (exact) mass is 366 g/mol. The number of pyridine rings is 1. The Bertz CT molecular complexity index is 1050. The lowest BCUT2D eigenvalue weighted by molar-refractivity contribution is 0.0944. The van der Waals surface area contributed by atoms with E-state index in [0.717, 1.165) is 35.9 Å². The van der Waals surface area contributed by atoms with E-state index < -0.39 is 11.6 Å². The van der Waals surface area contributed by atoms with E-state index in [1.807, 2.05) is 18.2 Å². The van der Waals surface area contributed by atoms with Gasteiger partial charge in [0.1, 0.15) is 11.5 Å². The van der Waals surface area contributed by atoms with Crippen LogP contribution < -0.4 is 5.32 Å². The summed E-state index contributed by atoms with van der Waals surface area (Å²) in [4.78, 5) is 16.9. The standard InChI is InChI=1S/C20H16F2N4O/c21-12-4-5-17(16(22)9-12)26-19-14-7-11(14)8-15(19)18(25-26)20(27)24-10-13-3-1-2-6-23-13/h1-6,9,11,14H,7-8,10H2,(H,24,27)/t11-,14-/m1/s1. The molecule has 1 saturated carbocycles. The average Bonchev–Trinajstić information content (AvgIpc) is 3.17. The van der Waals surface area contributed by atoms with Gasteiger partial charge in [0, 0.05) is 23.7 Å². The highest BCUT2D eigenvalue weighted by molar-refractivity contribution is 5.94. The third kappa shape index (κ3) is 2.70. The number of aromatic nitrogens is 3. The second kappa shape index (κ2) is 5.97. The second-order valence-electron chi connectivity index (χ2n) is 7.03. The number of benzene rings is 1. The van der Waals surface area contributed by atoms with E-state index in [4.69, 9.17) is 0 Å². The van der Waals surface area contributed by atoms with Crippen LogP contribution in [0.15, 0.2) is 42.6 Å². The molecule has 2 aliphatic rings. The first-order valence-electron chi connectivity index (χ1n) is 8.87. The van der Waals surface area contributed by atoms with E-state index in [-0.39, 0.29) is 11.6 Å². The molecule has 1 aromatic carbocycles. The Hall–Kier alpha value is -3.09. The minimum absolute atomic E-state index is 0.170. The van der Waals surface area contributed by atoms with Crippen LogP contribution in [0.1, 0.15) is 39.8 Å². The molecule has 5 nitrogen and oxygen atoms in total. The predicted molar refractivity (Wildman–Crippen MR) is 93.4 cm³/mol. The number of nitrogens with one attached hydrogen (secondary N) is 1. The molecule has 0 unspecified atom stereocenters. The molecule has 0 saturated heterocycles. The summed E-state index contributed by atoms with van der Waals surface area (Å²) in [6.45, 7) is 0.291. The summed E-state index contributed by atoms with van der Waals surface area (Å²) < 4.78 is 29.1. The fraction of sp³-hybridized carbons (Fsp3) is 0.250. The SMILES string of the molecule is O=C(NCc1ccccn1)c1nn(-c2ccc(F)cc2F)c2c1C[C@H]1C[C@@H]21. The van der Waals surface area contributed by atoms with E-state index in [2.05, 4.69) is 15.4 Å². The molecule has 3 aromatic rings. The Morgan fingerprint density at radius 3 is 2.93 bits per heavy atom. The molecule has 2 aliphatic carbocycles. The van der Waals surface area contributed by atoms with Gasteiger partial charge in [0.25, 0.3) is 5.91 Å². The Labute approximate surface area is 154 Å². The number of halogens is 2. The molecule has 5 rings (SSSR count). The third-order valence-electron chi connectivity index (χ3n) is 5.27. The number of hydrogen-bond acceptors (Lipinski definition) is 3. The molecular formula is C20H16F2N4O. The minimum Gasteiger partial charge on any atom is -0.345 e. The van der Waals surface area contributed by atoms with Gasteiger partial charge in [-0.05, 0) is 43.0 Å².